The maximum Gasteiger partial charge on any atom is 0.321 e. The summed E-state index contributed by atoms with van der Waals surface area (Å²) >= 11 is 0. The summed E-state index contributed by atoms with van der Waals surface area (Å²) in [7, 11) is 0. The first-order valence-corrected chi connectivity index (χ1v) is 10.5. The number of urea groups is 1. The summed E-state index contributed by atoms with van der Waals surface area (Å²) in [5, 5.41) is 8.44. The van der Waals surface area contributed by atoms with Crippen LogP contribution in [-0.2, 0) is 4.79 Å². The van der Waals surface area contributed by atoms with Crippen molar-refractivity contribution in [3.05, 3.63) is 78.4 Å². The molecule has 3 aromatic rings. The van der Waals surface area contributed by atoms with Crippen LogP contribution in [0.3, 0.4) is 0 Å². The van der Waals surface area contributed by atoms with Crippen molar-refractivity contribution in [3.8, 4) is 0 Å². The molecule has 0 radical (unpaired) electrons. The monoisotopic (exact) mass is 401 g/mol. The number of piperidine rings is 1. The molecule has 1 aliphatic rings. The Morgan fingerprint density at radius 2 is 1.57 bits per heavy atom. The molecule has 0 bridgehead atoms. The summed E-state index contributed by atoms with van der Waals surface area (Å²) in [6.45, 7) is 3.20. The van der Waals surface area contributed by atoms with Gasteiger partial charge in [0.05, 0.1) is 6.04 Å². The van der Waals surface area contributed by atoms with Gasteiger partial charge in [0.25, 0.3) is 0 Å². The van der Waals surface area contributed by atoms with Crippen molar-refractivity contribution >= 4 is 28.4 Å². The molecule has 154 valence electrons. The molecule has 0 saturated carbocycles. The first kappa shape index (κ1) is 20.0. The van der Waals surface area contributed by atoms with Crippen LogP contribution in [0.1, 0.15) is 31.4 Å². The van der Waals surface area contributed by atoms with Crippen molar-refractivity contribution in [2.45, 2.75) is 25.8 Å². The number of likely N-dealkylation sites (tertiary alicyclic amines) is 1. The Bertz CT molecular complexity index is 1020. The number of nitrogens with one attached hydrogen (secondary N) is 2. The van der Waals surface area contributed by atoms with Gasteiger partial charge in [0.15, 0.2) is 0 Å². The smallest absolute Gasteiger partial charge is 0.321 e. The van der Waals surface area contributed by atoms with E-state index >= 15 is 0 Å². The van der Waals surface area contributed by atoms with Gasteiger partial charge < -0.3 is 15.5 Å². The van der Waals surface area contributed by atoms with E-state index in [9.17, 15) is 9.59 Å². The molecule has 5 heteroatoms. The highest BCUT2D eigenvalue weighted by Crippen LogP contribution is 2.25. The van der Waals surface area contributed by atoms with Gasteiger partial charge in [0.2, 0.25) is 5.91 Å². The van der Waals surface area contributed by atoms with Gasteiger partial charge in [-0.3, -0.25) is 4.79 Å². The summed E-state index contributed by atoms with van der Waals surface area (Å²) in [4.78, 5) is 27.1. The Morgan fingerprint density at radius 1 is 0.900 bits per heavy atom. The van der Waals surface area contributed by atoms with Gasteiger partial charge in [0.1, 0.15) is 0 Å². The predicted octanol–water partition coefficient (Wildman–Crippen LogP) is 4.96. The first-order chi connectivity index (χ1) is 14.6. The highest BCUT2D eigenvalue weighted by atomic mass is 16.2. The van der Waals surface area contributed by atoms with Gasteiger partial charge >= 0.3 is 6.03 Å². The first-order valence-electron chi connectivity index (χ1n) is 10.5. The Morgan fingerprint density at radius 3 is 2.33 bits per heavy atom. The molecule has 0 spiro atoms. The number of para-hydroxylation sites is 1. The van der Waals surface area contributed by atoms with Gasteiger partial charge in [-0.05, 0) is 48.2 Å². The second-order valence-corrected chi connectivity index (χ2v) is 7.86. The van der Waals surface area contributed by atoms with Crippen LogP contribution in [0.15, 0.2) is 72.8 Å². The number of fused-ring (bicyclic) bond motifs is 1. The van der Waals surface area contributed by atoms with Crippen LogP contribution in [0, 0.1) is 5.92 Å². The van der Waals surface area contributed by atoms with Gasteiger partial charge in [-0.2, -0.15) is 0 Å². The Balaban J connectivity index is 1.32. The zero-order valence-electron chi connectivity index (χ0n) is 17.2. The lowest BCUT2D eigenvalue weighted by Crippen LogP contribution is -2.44. The number of nitrogens with zero attached hydrogens (tertiary/aromatic N) is 1. The van der Waals surface area contributed by atoms with Crippen molar-refractivity contribution < 1.29 is 9.59 Å². The lowest BCUT2D eigenvalue weighted by Gasteiger charge is -2.32. The number of hydrogen-bond donors (Lipinski definition) is 2. The number of rotatable bonds is 4. The maximum atomic E-state index is 12.9. The number of hydrogen-bond acceptors (Lipinski definition) is 2. The SMILES string of the molecule is C[C@H](NC(=O)C1CCN(C(=O)Nc2ccccc2)CC1)c1cccc2ccccc12. The number of carbonyl (C=O) groups excluding carboxylic acids is 2. The molecule has 0 aromatic heterocycles. The second kappa shape index (κ2) is 8.99. The minimum atomic E-state index is -0.107. The lowest BCUT2D eigenvalue weighted by atomic mass is 9.94. The third-order valence-corrected chi connectivity index (χ3v) is 5.83. The molecule has 2 N–H and O–H groups in total. The fraction of sp³-hybridized carbons (Fsp3) is 0.280. The van der Waals surface area contributed by atoms with Crippen molar-refractivity contribution in [2.75, 3.05) is 18.4 Å². The molecule has 0 aliphatic carbocycles. The highest BCUT2D eigenvalue weighted by molar-refractivity contribution is 5.90. The second-order valence-electron chi connectivity index (χ2n) is 7.86. The highest BCUT2D eigenvalue weighted by Gasteiger charge is 2.28. The van der Waals surface area contributed by atoms with Crippen LogP contribution >= 0.6 is 0 Å². The fourth-order valence-corrected chi connectivity index (χ4v) is 4.11. The normalized spacial score (nSPS) is 15.6. The van der Waals surface area contributed by atoms with E-state index in [0.717, 1.165) is 11.3 Å². The van der Waals surface area contributed by atoms with E-state index in [1.807, 2.05) is 55.5 Å². The van der Waals surface area contributed by atoms with Crippen LogP contribution in [0.4, 0.5) is 10.5 Å². The van der Waals surface area contributed by atoms with Gasteiger partial charge in [-0.1, -0.05) is 60.7 Å². The van der Waals surface area contributed by atoms with Crippen LogP contribution < -0.4 is 10.6 Å². The molecule has 3 aromatic carbocycles. The third kappa shape index (κ3) is 4.46. The van der Waals surface area contributed by atoms with Crippen LogP contribution in [0.2, 0.25) is 0 Å². The molecule has 1 heterocycles. The van der Waals surface area contributed by atoms with Crippen molar-refractivity contribution in [2.24, 2.45) is 5.92 Å². The predicted molar refractivity (Wildman–Crippen MR) is 120 cm³/mol. The van der Waals surface area contributed by atoms with E-state index in [1.165, 1.54) is 10.8 Å². The van der Waals surface area contributed by atoms with Crippen LogP contribution in [-0.4, -0.2) is 29.9 Å². The topological polar surface area (TPSA) is 61.4 Å². The largest absolute Gasteiger partial charge is 0.349 e. The van der Waals surface area contributed by atoms with Crippen molar-refractivity contribution in [3.63, 3.8) is 0 Å². The van der Waals surface area contributed by atoms with Gasteiger partial charge in [-0.15, -0.1) is 0 Å². The number of benzene rings is 3. The average molecular weight is 402 g/mol. The molecule has 1 aliphatic heterocycles. The molecule has 1 atom stereocenters. The molecular formula is C25H27N3O2. The van der Waals surface area contributed by atoms with Crippen LogP contribution in [0.5, 0.6) is 0 Å². The molecule has 4 rings (SSSR count). The molecule has 1 fully saturated rings. The summed E-state index contributed by atoms with van der Waals surface area (Å²) in [5.41, 5.74) is 1.91. The van der Waals surface area contributed by atoms with E-state index < -0.39 is 0 Å². The summed E-state index contributed by atoms with van der Waals surface area (Å²) in [5.74, 6) is 0.00162. The Hall–Kier alpha value is -3.34. The van der Waals surface area contributed by atoms with Crippen LogP contribution in [0.25, 0.3) is 10.8 Å². The minimum absolute atomic E-state index is 0.0665. The van der Waals surface area contributed by atoms with Crippen molar-refractivity contribution in [1.29, 1.82) is 0 Å². The molecular weight excluding hydrogens is 374 g/mol. The summed E-state index contributed by atoms with van der Waals surface area (Å²) in [6.07, 6.45) is 1.35. The zero-order valence-corrected chi connectivity index (χ0v) is 17.2. The van der Waals surface area contributed by atoms with Gasteiger partial charge in [0, 0.05) is 24.7 Å². The fourth-order valence-electron chi connectivity index (χ4n) is 4.11. The molecule has 5 nitrogen and oxygen atoms in total. The lowest BCUT2D eigenvalue weighted by molar-refractivity contribution is -0.126. The molecule has 3 amide bonds. The average Bonchev–Trinajstić information content (AvgIpc) is 2.79. The number of anilines is 1. The Kier molecular flexibility index (Phi) is 5.98. The number of amides is 3. The number of carbonyl (C=O) groups is 2. The van der Waals surface area contributed by atoms with Gasteiger partial charge in [-0.25, -0.2) is 4.79 Å². The van der Waals surface area contributed by atoms with E-state index in [1.54, 1.807) is 4.90 Å². The van der Waals surface area contributed by atoms with Crippen molar-refractivity contribution in [1.82, 2.24) is 10.2 Å². The standard InChI is InChI=1S/C25H27N3O2/c1-18(22-13-7-9-19-8-5-6-12-23(19)22)26-24(29)20-14-16-28(17-15-20)25(30)27-21-10-3-2-4-11-21/h2-13,18,20H,14-17H2,1H3,(H,26,29)(H,27,30)/t18-/m0/s1. The van der Waals surface area contributed by atoms with E-state index in [0.29, 0.717) is 25.9 Å². The summed E-state index contributed by atoms with van der Waals surface area (Å²) < 4.78 is 0. The third-order valence-electron chi connectivity index (χ3n) is 5.83. The van der Waals surface area contributed by atoms with E-state index in [-0.39, 0.29) is 23.9 Å². The molecule has 1 saturated heterocycles. The maximum absolute atomic E-state index is 12.9. The quantitative estimate of drug-likeness (QED) is 0.649. The molecule has 30 heavy (non-hydrogen) atoms. The van der Waals surface area contributed by atoms with E-state index in [4.69, 9.17) is 0 Å². The van der Waals surface area contributed by atoms with E-state index in [2.05, 4.69) is 34.9 Å². The Labute approximate surface area is 177 Å². The zero-order chi connectivity index (χ0) is 20.9. The summed E-state index contributed by atoms with van der Waals surface area (Å²) in [6, 6.07) is 23.7. The molecule has 0 unspecified atom stereocenters. The minimum Gasteiger partial charge on any atom is -0.349 e.